The maximum atomic E-state index is 11.5. The first kappa shape index (κ1) is 13.8. The highest BCUT2D eigenvalue weighted by Crippen LogP contribution is 2.40. The van der Waals surface area contributed by atoms with Crippen LogP contribution in [0.3, 0.4) is 0 Å². The minimum atomic E-state index is -0.308. The standard InChI is InChI=1S/C15H18N4O2/c1-15(9-16)6-8-18(10-15)13-5-4-12-11(3-2-7-17-12)14(13)19(20)21/h2-5,7H,6,8-10,16H2,1H3. The van der Waals surface area contributed by atoms with Gasteiger partial charge >= 0.3 is 5.69 Å². The fraction of sp³-hybridized carbons (Fsp3) is 0.400. The summed E-state index contributed by atoms with van der Waals surface area (Å²) in [6.45, 7) is 4.25. The molecule has 0 spiro atoms. The quantitative estimate of drug-likeness (QED) is 0.691. The van der Waals surface area contributed by atoms with Crippen molar-refractivity contribution in [3.63, 3.8) is 0 Å². The van der Waals surface area contributed by atoms with Crippen LogP contribution in [-0.4, -0.2) is 29.5 Å². The Balaban J connectivity index is 2.11. The molecule has 0 amide bonds. The van der Waals surface area contributed by atoms with E-state index in [1.54, 1.807) is 24.4 Å². The third-order valence-electron chi connectivity index (χ3n) is 4.31. The van der Waals surface area contributed by atoms with Crippen molar-refractivity contribution in [2.75, 3.05) is 24.5 Å². The molecule has 0 radical (unpaired) electrons. The summed E-state index contributed by atoms with van der Waals surface area (Å²) in [7, 11) is 0. The van der Waals surface area contributed by atoms with Gasteiger partial charge in [0.25, 0.3) is 0 Å². The van der Waals surface area contributed by atoms with Crippen molar-refractivity contribution in [1.82, 2.24) is 4.98 Å². The highest BCUT2D eigenvalue weighted by Gasteiger charge is 2.35. The zero-order chi connectivity index (χ0) is 15.0. The van der Waals surface area contributed by atoms with Crippen LogP contribution in [0.1, 0.15) is 13.3 Å². The monoisotopic (exact) mass is 286 g/mol. The Kier molecular flexibility index (Phi) is 3.25. The molecule has 1 aromatic carbocycles. The minimum absolute atomic E-state index is 0.0256. The van der Waals surface area contributed by atoms with Crippen LogP contribution in [0.5, 0.6) is 0 Å². The molecule has 2 heterocycles. The zero-order valence-electron chi connectivity index (χ0n) is 12.0. The fourth-order valence-electron chi connectivity index (χ4n) is 2.97. The second-order valence-corrected chi connectivity index (χ2v) is 5.95. The number of benzene rings is 1. The van der Waals surface area contributed by atoms with Gasteiger partial charge in [-0.25, -0.2) is 0 Å². The van der Waals surface area contributed by atoms with Crippen molar-refractivity contribution in [2.24, 2.45) is 11.1 Å². The van der Waals surface area contributed by atoms with Crippen LogP contribution in [0.25, 0.3) is 10.9 Å². The Bertz CT molecular complexity index is 703. The number of nitro groups is 1. The van der Waals surface area contributed by atoms with E-state index in [0.29, 0.717) is 23.1 Å². The molecule has 21 heavy (non-hydrogen) atoms. The Labute approximate surface area is 122 Å². The number of hydrogen-bond acceptors (Lipinski definition) is 5. The molecular formula is C15H18N4O2. The van der Waals surface area contributed by atoms with Crippen molar-refractivity contribution >= 4 is 22.3 Å². The fourth-order valence-corrected chi connectivity index (χ4v) is 2.97. The lowest BCUT2D eigenvalue weighted by atomic mass is 9.90. The van der Waals surface area contributed by atoms with Crippen molar-refractivity contribution in [3.8, 4) is 0 Å². The smallest absolute Gasteiger partial charge is 0.301 e. The Morgan fingerprint density at radius 1 is 1.48 bits per heavy atom. The number of nitrogens with zero attached hydrogens (tertiary/aromatic N) is 3. The van der Waals surface area contributed by atoms with Crippen LogP contribution >= 0.6 is 0 Å². The number of pyridine rings is 1. The van der Waals surface area contributed by atoms with E-state index < -0.39 is 0 Å². The summed E-state index contributed by atoms with van der Waals surface area (Å²) in [6, 6.07) is 7.13. The maximum absolute atomic E-state index is 11.5. The van der Waals surface area contributed by atoms with Gasteiger partial charge in [-0.05, 0) is 42.6 Å². The van der Waals surface area contributed by atoms with Gasteiger partial charge in [0.05, 0.1) is 15.8 Å². The number of rotatable bonds is 3. The van der Waals surface area contributed by atoms with Gasteiger partial charge in [-0.2, -0.15) is 0 Å². The molecule has 0 aliphatic carbocycles. The second kappa shape index (κ2) is 4.96. The molecule has 3 rings (SSSR count). The van der Waals surface area contributed by atoms with E-state index in [-0.39, 0.29) is 16.0 Å². The molecule has 110 valence electrons. The molecule has 6 heteroatoms. The number of nitro benzene ring substituents is 1. The van der Waals surface area contributed by atoms with Gasteiger partial charge in [-0.1, -0.05) is 6.92 Å². The molecule has 1 aliphatic rings. The molecule has 2 aromatic rings. The lowest BCUT2D eigenvalue weighted by Crippen LogP contribution is -2.31. The summed E-state index contributed by atoms with van der Waals surface area (Å²) >= 11 is 0. The van der Waals surface area contributed by atoms with E-state index >= 15 is 0 Å². The Morgan fingerprint density at radius 2 is 2.29 bits per heavy atom. The molecule has 1 unspecified atom stereocenters. The predicted molar refractivity (Wildman–Crippen MR) is 82.4 cm³/mol. The van der Waals surface area contributed by atoms with Gasteiger partial charge in [0, 0.05) is 19.3 Å². The van der Waals surface area contributed by atoms with Crippen LogP contribution in [0, 0.1) is 15.5 Å². The highest BCUT2D eigenvalue weighted by molar-refractivity contribution is 5.94. The lowest BCUT2D eigenvalue weighted by Gasteiger charge is -2.24. The van der Waals surface area contributed by atoms with Crippen LogP contribution in [0.2, 0.25) is 0 Å². The van der Waals surface area contributed by atoms with Gasteiger partial charge in [-0.3, -0.25) is 15.1 Å². The average Bonchev–Trinajstić information content (AvgIpc) is 2.89. The van der Waals surface area contributed by atoms with Gasteiger partial charge in [0.2, 0.25) is 0 Å². The molecule has 6 nitrogen and oxygen atoms in total. The summed E-state index contributed by atoms with van der Waals surface area (Å²) in [4.78, 5) is 17.5. The number of aromatic nitrogens is 1. The Morgan fingerprint density at radius 3 is 2.95 bits per heavy atom. The second-order valence-electron chi connectivity index (χ2n) is 5.95. The van der Waals surface area contributed by atoms with Gasteiger partial charge < -0.3 is 10.6 Å². The van der Waals surface area contributed by atoms with Crippen molar-refractivity contribution in [1.29, 1.82) is 0 Å². The molecule has 1 aliphatic heterocycles. The van der Waals surface area contributed by atoms with E-state index in [4.69, 9.17) is 5.73 Å². The van der Waals surface area contributed by atoms with Crippen molar-refractivity contribution in [2.45, 2.75) is 13.3 Å². The minimum Gasteiger partial charge on any atom is -0.365 e. The van der Waals surface area contributed by atoms with Gasteiger partial charge in [0.15, 0.2) is 0 Å². The topological polar surface area (TPSA) is 85.3 Å². The predicted octanol–water partition coefficient (Wildman–Crippen LogP) is 2.32. The van der Waals surface area contributed by atoms with E-state index in [0.717, 1.165) is 19.5 Å². The number of nitrogens with two attached hydrogens (primary N) is 1. The molecule has 1 aromatic heterocycles. The van der Waals surface area contributed by atoms with Crippen LogP contribution in [0.15, 0.2) is 30.5 Å². The summed E-state index contributed by atoms with van der Waals surface area (Å²) in [6.07, 6.45) is 2.60. The van der Waals surface area contributed by atoms with Crippen molar-refractivity contribution in [3.05, 3.63) is 40.6 Å². The first-order valence-electron chi connectivity index (χ1n) is 7.01. The van der Waals surface area contributed by atoms with E-state index in [1.807, 2.05) is 6.07 Å². The third kappa shape index (κ3) is 2.31. The normalized spacial score (nSPS) is 21.9. The maximum Gasteiger partial charge on any atom is 0.301 e. The summed E-state index contributed by atoms with van der Waals surface area (Å²) in [5.74, 6) is 0. The highest BCUT2D eigenvalue weighted by atomic mass is 16.6. The number of fused-ring (bicyclic) bond motifs is 1. The van der Waals surface area contributed by atoms with Crippen LogP contribution in [-0.2, 0) is 0 Å². The molecule has 0 bridgehead atoms. The Hall–Kier alpha value is -2.21. The SMILES string of the molecule is CC1(CN)CCN(c2ccc3ncccc3c2[N+](=O)[O-])C1. The van der Waals surface area contributed by atoms with Gasteiger partial charge in [-0.15, -0.1) is 0 Å². The largest absolute Gasteiger partial charge is 0.365 e. The van der Waals surface area contributed by atoms with E-state index in [9.17, 15) is 10.1 Å². The average molecular weight is 286 g/mol. The molecule has 1 atom stereocenters. The van der Waals surface area contributed by atoms with Crippen molar-refractivity contribution < 1.29 is 4.92 Å². The lowest BCUT2D eigenvalue weighted by molar-refractivity contribution is -0.382. The molecule has 0 saturated carbocycles. The molecule has 1 fully saturated rings. The van der Waals surface area contributed by atoms with Crippen LogP contribution in [0.4, 0.5) is 11.4 Å². The van der Waals surface area contributed by atoms with Gasteiger partial charge in [0.1, 0.15) is 5.69 Å². The first-order valence-corrected chi connectivity index (χ1v) is 7.01. The zero-order valence-corrected chi connectivity index (χ0v) is 12.0. The molecule has 2 N–H and O–H groups in total. The summed E-state index contributed by atoms with van der Waals surface area (Å²) in [5, 5.41) is 12.1. The molecule has 1 saturated heterocycles. The molecular weight excluding hydrogens is 268 g/mol. The summed E-state index contributed by atoms with van der Waals surface area (Å²) < 4.78 is 0. The number of anilines is 1. The van der Waals surface area contributed by atoms with Crippen LogP contribution < -0.4 is 10.6 Å². The van der Waals surface area contributed by atoms with E-state index in [1.165, 1.54) is 0 Å². The summed E-state index contributed by atoms with van der Waals surface area (Å²) in [5.41, 5.74) is 7.30. The third-order valence-corrected chi connectivity index (χ3v) is 4.31. The first-order chi connectivity index (χ1) is 10.0. The number of hydrogen-bond donors (Lipinski definition) is 1. The van der Waals surface area contributed by atoms with E-state index in [2.05, 4.69) is 16.8 Å².